The summed E-state index contributed by atoms with van der Waals surface area (Å²) in [5.74, 6) is 6.33. The maximum atomic E-state index is 10.8. The highest BCUT2D eigenvalue weighted by molar-refractivity contribution is 7.98. The molecule has 2 heterocycles. The summed E-state index contributed by atoms with van der Waals surface area (Å²) in [6.07, 6.45) is 0. The van der Waals surface area contributed by atoms with Crippen LogP contribution in [0.3, 0.4) is 0 Å². The molecular formula is C14H12N4O3S. The van der Waals surface area contributed by atoms with E-state index < -0.39 is 5.97 Å². The van der Waals surface area contributed by atoms with Crippen LogP contribution in [0.5, 0.6) is 0 Å². The van der Waals surface area contributed by atoms with E-state index in [9.17, 15) is 4.79 Å². The number of carboxylic acids is 1. The van der Waals surface area contributed by atoms with E-state index in [0.29, 0.717) is 22.5 Å². The number of hydrogen-bond donors (Lipinski definition) is 2. The summed E-state index contributed by atoms with van der Waals surface area (Å²) in [6.45, 7) is 0. The summed E-state index contributed by atoms with van der Waals surface area (Å²) in [4.78, 5) is 10.8. The van der Waals surface area contributed by atoms with E-state index in [-0.39, 0.29) is 5.76 Å². The molecule has 0 aliphatic heterocycles. The second-order valence-electron chi connectivity index (χ2n) is 4.40. The molecule has 0 radical (unpaired) electrons. The SMILES string of the molecule is Nn1c(SCc2ccc(C(=O)O)o2)nnc1-c1ccccc1. The fourth-order valence-corrected chi connectivity index (χ4v) is 2.62. The number of rotatable bonds is 5. The van der Waals surface area contributed by atoms with E-state index in [0.717, 1.165) is 5.56 Å². The van der Waals surface area contributed by atoms with E-state index in [1.165, 1.54) is 22.5 Å². The molecule has 0 bridgehead atoms. The van der Waals surface area contributed by atoms with Gasteiger partial charge in [0.2, 0.25) is 10.9 Å². The zero-order chi connectivity index (χ0) is 15.5. The molecule has 0 unspecified atom stereocenters. The molecule has 3 rings (SSSR count). The number of carbonyl (C=O) groups is 1. The van der Waals surface area contributed by atoms with E-state index in [4.69, 9.17) is 15.4 Å². The summed E-state index contributed by atoms with van der Waals surface area (Å²) < 4.78 is 6.58. The minimum absolute atomic E-state index is 0.0882. The van der Waals surface area contributed by atoms with Crippen molar-refractivity contribution in [1.29, 1.82) is 0 Å². The highest BCUT2D eigenvalue weighted by Gasteiger charge is 2.14. The molecule has 8 heteroatoms. The first-order valence-corrected chi connectivity index (χ1v) is 7.34. The van der Waals surface area contributed by atoms with Crippen molar-refractivity contribution in [2.45, 2.75) is 10.9 Å². The lowest BCUT2D eigenvalue weighted by Gasteiger charge is -2.02. The number of nitrogen functional groups attached to an aromatic ring is 1. The van der Waals surface area contributed by atoms with Crippen molar-refractivity contribution in [3.63, 3.8) is 0 Å². The summed E-state index contributed by atoms with van der Waals surface area (Å²) in [6, 6.07) is 12.5. The van der Waals surface area contributed by atoms with Gasteiger partial charge in [-0.25, -0.2) is 9.47 Å². The summed E-state index contributed by atoms with van der Waals surface area (Å²) in [5.41, 5.74) is 0.871. The molecule has 0 spiro atoms. The van der Waals surface area contributed by atoms with Gasteiger partial charge >= 0.3 is 5.97 Å². The zero-order valence-corrected chi connectivity index (χ0v) is 12.2. The van der Waals surface area contributed by atoms with Crippen molar-refractivity contribution in [2.75, 3.05) is 5.84 Å². The van der Waals surface area contributed by atoms with Crippen LogP contribution in [-0.4, -0.2) is 25.9 Å². The molecule has 0 amide bonds. The maximum Gasteiger partial charge on any atom is 0.371 e. The number of nitrogens with zero attached hydrogens (tertiary/aromatic N) is 3. The average molecular weight is 316 g/mol. The lowest BCUT2D eigenvalue weighted by molar-refractivity contribution is 0.0661. The smallest absolute Gasteiger partial charge is 0.371 e. The predicted octanol–water partition coefficient (Wildman–Crippen LogP) is 2.24. The highest BCUT2D eigenvalue weighted by Crippen LogP contribution is 2.24. The Hall–Kier alpha value is -2.74. The number of nitrogens with two attached hydrogens (primary N) is 1. The Morgan fingerprint density at radius 3 is 2.68 bits per heavy atom. The first-order chi connectivity index (χ1) is 10.6. The molecule has 0 aliphatic carbocycles. The van der Waals surface area contributed by atoms with Crippen LogP contribution in [0.15, 0.2) is 52.0 Å². The lowest BCUT2D eigenvalue weighted by atomic mass is 10.2. The molecule has 0 fully saturated rings. The van der Waals surface area contributed by atoms with Gasteiger partial charge in [0, 0.05) is 5.56 Å². The van der Waals surface area contributed by atoms with E-state index in [1.807, 2.05) is 30.3 Å². The molecule has 22 heavy (non-hydrogen) atoms. The predicted molar refractivity (Wildman–Crippen MR) is 80.8 cm³/mol. The molecule has 0 saturated heterocycles. The van der Waals surface area contributed by atoms with Crippen molar-refractivity contribution < 1.29 is 14.3 Å². The molecule has 112 valence electrons. The Balaban J connectivity index is 1.73. The van der Waals surface area contributed by atoms with Crippen LogP contribution in [0.4, 0.5) is 0 Å². The largest absolute Gasteiger partial charge is 0.475 e. The van der Waals surface area contributed by atoms with Crippen molar-refractivity contribution in [2.24, 2.45) is 0 Å². The van der Waals surface area contributed by atoms with Gasteiger partial charge < -0.3 is 15.4 Å². The van der Waals surface area contributed by atoms with Gasteiger partial charge in [-0.3, -0.25) is 0 Å². The lowest BCUT2D eigenvalue weighted by Crippen LogP contribution is -2.11. The Labute approximate surface area is 129 Å². The van der Waals surface area contributed by atoms with Crippen molar-refractivity contribution >= 4 is 17.7 Å². The molecule has 7 nitrogen and oxygen atoms in total. The molecule has 0 saturated carbocycles. The summed E-state index contributed by atoms with van der Waals surface area (Å²) >= 11 is 1.32. The van der Waals surface area contributed by atoms with Crippen LogP contribution in [0.1, 0.15) is 16.3 Å². The third kappa shape index (κ3) is 2.82. The molecule has 0 aliphatic rings. The molecule has 1 aromatic carbocycles. The molecule has 3 aromatic rings. The Morgan fingerprint density at radius 1 is 1.23 bits per heavy atom. The van der Waals surface area contributed by atoms with Gasteiger partial charge in [-0.2, -0.15) is 0 Å². The summed E-state index contributed by atoms with van der Waals surface area (Å²) in [5, 5.41) is 17.4. The quantitative estimate of drug-likeness (QED) is 0.549. The van der Waals surface area contributed by atoms with Crippen molar-refractivity contribution in [3.05, 3.63) is 54.0 Å². The second-order valence-corrected chi connectivity index (χ2v) is 5.34. The van der Waals surface area contributed by atoms with Crippen LogP contribution in [0.2, 0.25) is 0 Å². The fourth-order valence-electron chi connectivity index (χ4n) is 1.87. The van der Waals surface area contributed by atoms with Gasteiger partial charge in [0.1, 0.15) is 5.76 Å². The van der Waals surface area contributed by atoms with Crippen LogP contribution in [0, 0.1) is 0 Å². The van der Waals surface area contributed by atoms with Crippen LogP contribution >= 0.6 is 11.8 Å². The first kappa shape index (κ1) is 14.2. The first-order valence-electron chi connectivity index (χ1n) is 6.36. The van der Waals surface area contributed by atoms with Gasteiger partial charge in [0.05, 0.1) is 5.75 Å². The Kier molecular flexibility index (Phi) is 3.84. The van der Waals surface area contributed by atoms with Gasteiger partial charge in [-0.1, -0.05) is 42.1 Å². The molecule has 2 aromatic heterocycles. The number of aromatic carboxylic acids is 1. The minimum Gasteiger partial charge on any atom is -0.475 e. The highest BCUT2D eigenvalue weighted by atomic mass is 32.2. The number of furan rings is 1. The van der Waals surface area contributed by atoms with Crippen molar-refractivity contribution in [3.8, 4) is 11.4 Å². The molecular weight excluding hydrogens is 304 g/mol. The number of aromatic nitrogens is 3. The molecule has 0 atom stereocenters. The number of carboxylic acid groups (broad SMARTS) is 1. The monoisotopic (exact) mass is 316 g/mol. The number of thioether (sulfide) groups is 1. The topological polar surface area (TPSA) is 107 Å². The van der Waals surface area contributed by atoms with Crippen LogP contribution < -0.4 is 5.84 Å². The standard InChI is InChI=1S/C14H12N4O3S/c15-18-12(9-4-2-1-3-5-9)16-17-14(18)22-8-10-6-7-11(21-10)13(19)20/h1-7H,8,15H2,(H,19,20). The van der Waals surface area contributed by atoms with Crippen LogP contribution in [0.25, 0.3) is 11.4 Å². The number of benzene rings is 1. The fraction of sp³-hybridized carbons (Fsp3) is 0.0714. The van der Waals surface area contributed by atoms with Gasteiger partial charge in [0.15, 0.2) is 5.82 Å². The zero-order valence-electron chi connectivity index (χ0n) is 11.3. The average Bonchev–Trinajstić information content (AvgIpc) is 3.13. The Bertz CT molecular complexity index is 798. The second kappa shape index (κ2) is 5.94. The number of hydrogen-bond acceptors (Lipinski definition) is 6. The van der Waals surface area contributed by atoms with Gasteiger partial charge in [0.25, 0.3) is 0 Å². The van der Waals surface area contributed by atoms with Gasteiger partial charge in [-0.05, 0) is 12.1 Å². The third-order valence-electron chi connectivity index (χ3n) is 2.91. The maximum absolute atomic E-state index is 10.8. The van der Waals surface area contributed by atoms with Crippen LogP contribution in [-0.2, 0) is 5.75 Å². The Morgan fingerprint density at radius 2 is 2.00 bits per heavy atom. The minimum atomic E-state index is -1.09. The normalized spacial score (nSPS) is 10.7. The van der Waals surface area contributed by atoms with E-state index in [1.54, 1.807) is 6.07 Å². The summed E-state index contributed by atoms with van der Waals surface area (Å²) in [7, 11) is 0. The molecule has 3 N–H and O–H groups in total. The van der Waals surface area contributed by atoms with Gasteiger partial charge in [-0.15, -0.1) is 10.2 Å². The van der Waals surface area contributed by atoms with E-state index in [2.05, 4.69) is 10.2 Å². The third-order valence-corrected chi connectivity index (χ3v) is 3.88. The van der Waals surface area contributed by atoms with E-state index >= 15 is 0 Å². The van der Waals surface area contributed by atoms with Crippen molar-refractivity contribution in [1.82, 2.24) is 14.9 Å².